The van der Waals surface area contributed by atoms with Gasteiger partial charge in [-0.05, 0) is 38.1 Å². The van der Waals surface area contributed by atoms with Crippen LogP contribution in [0.25, 0.3) is 10.9 Å². The number of fused-ring (bicyclic) bond motifs is 1. The Kier molecular flexibility index (Phi) is 5.19. The highest BCUT2D eigenvalue weighted by Gasteiger charge is 2.23. The molecule has 6 nitrogen and oxygen atoms in total. The summed E-state index contributed by atoms with van der Waals surface area (Å²) in [7, 11) is 0. The SMILES string of the molecule is C[C@@H]1CN(Cc2csc(NC(=O)c3cc4cc(Cl)ccc4[nH]3)n2)C[C@@H](C)O1. The molecule has 1 saturated heterocycles. The molecule has 142 valence electrons. The lowest BCUT2D eigenvalue weighted by Crippen LogP contribution is -2.44. The maximum Gasteiger partial charge on any atom is 0.273 e. The van der Waals surface area contributed by atoms with Gasteiger partial charge in [0.15, 0.2) is 5.13 Å². The summed E-state index contributed by atoms with van der Waals surface area (Å²) in [5, 5.41) is 7.01. The molecule has 0 spiro atoms. The lowest BCUT2D eigenvalue weighted by atomic mass is 10.2. The number of halogens is 1. The summed E-state index contributed by atoms with van der Waals surface area (Å²) in [6, 6.07) is 7.28. The molecule has 3 heterocycles. The summed E-state index contributed by atoms with van der Waals surface area (Å²) in [4.78, 5) is 22.5. The Morgan fingerprint density at radius 2 is 2.15 bits per heavy atom. The Balaban J connectivity index is 1.41. The number of aromatic nitrogens is 2. The standard InChI is InChI=1S/C19H21ClN4O2S/c1-11-7-24(8-12(2)26-11)9-15-10-27-19(21-15)23-18(25)17-6-13-5-14(20)3-4-16(13)22-17/h3-6,10-12,22H,7-9H2,1-2H3,(H,21,23,25)/t11-,12-/m1/s1. The fourth-order valence-corrected chi connectivity index (χ4v) is 4.35. The van der Waals surface area contributed by atoms with Crippen molar-refractivity contribution >= 4 is 44.9 Å². The van der Waals surface area contributed by atoms with E-state index in [4.69, 9.17) is 16.3 Å². The van der Waals surface area contributed by atoms with Crippen molar-refractivity contribution in [1.82, 2.24) is 14.9 Å². The molecule has 1 fully saturated rings. The summed E-state index contributed by atoms with van der Waals surface area (Å²) in [5.74, 6) is -0.211. The second kappa shape index (κ2) is 7.59. The van der Waals surface area contributed by atoms with Gasteiger partial charge in [-0.15, -0.1) is 11.3 Å². The van der Waals surface area contributed by atoms with Gasteiger partial charge >= 0.3 is 0 Å². The Bertz CT molecular complexity index is 960. The van der Waals surface area contributed by atoms with Crippen LogP contribution in [0.4, 0.5) is 5.13 Å². The number of H-pyrrole nitrogens is 1. The molecule has 0 bridgehead atoms. The van der Waals surface area contributed by atoms with Gasteiger partial charge < -0.3 is 9.72 Å². The molecule has 0 aliphatic carbocycles. The first-order chi connectivity index (χ1) is 13.0. The van der Waals surface area contributed by atoms with E-state index in [1.165, 1.54) is 11.3 Å². The summed E-state index contributed by atoms with van der Waals surface area (Å²) in [6.45, 7) is 6.71. The Morgan fingerprint density at radius 1 is 1.37 bits per heavy atom. The average Bonchev–Trinajstić information content (AvgIpc) is 3.20. The number of morpholine rings is 1. The van der Waals surface area contributed by atoms with E-state index >= 15 is 0 Å². The van der Waals surface area contributed by atoms with Crippen LogP contribution in [0.1, 0.15) is 30.0 Å². The van der Waals surface area contributed by atoms with E-state index in [1.807, 2.05) is 17.5 Å². The smallest absolute Gasteiger partial charge is 0.273 e. The Morgan fingerprint density at radius 3 is 2.93 bits per heavy atom. The van der Waals surface area contributed by atoms with Crippen LogP contribution in [0.3, 0.4) is 0 Å². The maximum atomic E-state index is 12.5. The van der Waals surface area contributed by atoms with Crippen molar-refractivity contribution in [3.8, 4) is 0 Å². The number of hydrogen-bond donors (Lipinski definition) is 2. The van der Waals surface area contributed by atoms with Crippen LogP contribution in [0, 0.1) is 0 Å². The molecule has 8 heteroatoms. The van der Waals surface area contributed by atoms with Gasteiger partial charge in [0.05, 0.1) is 17.9 Å². The number of carbonyl (C=O) groups is 1. The van der Waals surface area contributed by atoms with Gasteiger partial charge in [0.1, 0.15) is 5.69 Å². The monoisotopic (exact) mass is 404 g/mol. The number of rotatable bonds is 4. The summed E-state index contributed by atoms with van der Waals surface area (Å²) in [6.07, 6.45) is 0.448. The van der Waals surface area contributed by atoms with Gasteiger partial charge in [0.25, 0.3) is 5.91 Å². The topological polar surface area (TPSA) is 70.2 Å². The molecule has 0 saturated carbocycles. The van der Waals surface area contributed by atoms with Crippen molar-refractivity contribution < 1.29 is 9.53 Å². The highest BCUT2D eigenvalue weighted by atomic mass is 35.5. The molecular weight excluding hydrogens is 384 g/mol. The first kappa shape index (κ1) is 18.4. The van der Waals surface area contributed by atoms with E-state index in [-0.39, 0.29) is 18.1 Å². The van der Waals surface area contributed by atoms with Crippen molar-refractivity contribution in [3.63, 3.8) is 0 Å². The molecule has 2 atom stereocenters. The van der Waals surface area contributed by atoms with Crippen molar-refractivity contribution in [2.45, 2.75) is 32.6 Å². The molecule has 27 heavy (non-hydrogen) atoms. The minimum absolute atomic E-state index is 0.211. The van der Waals surface area contributed by atoms with E-state index in [9.17, 15) is 4.79 Å². The third kappa shape index (κ3) is 4.32. The number of hydrogen-bond acceptors (Lipinski definition) is 5. The van der Waals surface area contributed by atoms with E-state index in [1.54, 1.807) is 12.1 Å². The maximum absolute atomic E-state index is 12.5. The second-order valence-electron chi connectivity index (χ2n) is 6.96. The van der Waals surface area contributed by atoms with Crippen molar-refractivity contribution in [2.24, 2.45) is 0 Å². The van der Waals surface area contributed by atoms with Gasteiger partial charge in [-0.1, -0.05) is 11.6 Å². The van der Waals surface area contributed by atoms with Crippen molar-refractivity contribution in [3.05, 3.63) is 46.1 Å². The molecule has 3 aromatic rings. The largest absolute Gasteiger partial charge is 0.373 e. The van der Waals surface area contributed by atoms with Gasteiger partial charge in [0, 0.05) is 40.9 Å². The zero-order valence-electron chi connectivity index (χ0n) is 15.2. The Labute approximate surface area is 166 Å². The first-order valence-electron chi connectivity index (χ1n) is 8.88. The second-order valence-corrected chi connectivity index (χ2v) is 8.26. The van der Waals surface area contributed by atoms with Crippen LogP contribution >= 0.6 is 22.9 Å². The number of ether oxygens (including phenoxy) is 1. The summed E-state index contributed by atoms with van der Waals surface area (Å²) < 4.78 is 5.76. The van der Waals surface area contributed by atoms with E-state index < -0.39 is 0 Å². The zero-order chi connectivity index (χ0) is 19.0. The fourth-order valence-electron chi connectivity index (χ4n) is 3.47. The molecule has 0 unspecified atom stereocenters. The predicted octanol–water partition coefficient (Wildman–Crippen LogP) is 4.14. The number of aromatic amines is 1. The number of anilines is 1. The third-order valence-corrected chi connectivity index (χ3v) is 5.52. The molecule has 0 radical (unpaired) electrons. The number of nitrogens with one attached hydrogen (secondary N) is 2. The van der Waals surface area contributed by atoms with Crippen molar-refractivity contribution in [1.29, 1.82) is 0 Å². The van der Waals surface area contributed by atoms with E-state index in [2.05, 4.69) is 34.0 Å². The number of carbonyl (C=O) groups excluding carboxylic acids is 1. The third-order valence-electron chi connectivity index (χ3n) is 4.48. The lowest BCUT2D eigenvalue weighted by Gasteiger charge is -2.34. The zero-order valence-corrected chi connectivity index (χ0v) is 16.7. The molecule has 1 amide bonds. The average molecular weight is 405 g/mol. The molecule has 2 aromatic heterocycles. The minimum Gasteiger partial charge on any atom is -0.373 e. The van der Waals surface area contributed by atoms with E-state index in [0.717, 1.165) is 36.2 Å². The number of nitrogens with zero attached hydrogens (tertiary/aromatic N) is 2. The van der Waals surface area contributed by atoms with Crippen LogP contribution in [0.5, 0.6) is 0 Å². The van der Waals surface area contributed by atoms with Gasteiger partial charge in [0.2, 0.25) is 0 Å². The number of thiazole rings is 1. The highest BCUT2D eigenvalue weighted by Crippen LogP contribution is 2.22. The van der Waals surface area contributed by atoms with Crippen LogP contribution < -0.4 is 5.32 Å². The molecule has 1 aliphatic heterocycles. The quantitative estimate of drug-likeness (QED) is 0.685. The van der Waals surface area contributed by atoms with E-state index in [0.29, 0.717) is 15.8 Å². The van der Waals surface area contributed by atoms with Gasteiger partial charge in [-0.2, -0.15) is 0 Å². The first-order valence-corrected chi connectivity index (χ1v) is 10.1. The number of amides is 1. The molecule has 1 aliphatic rings. The molecule has 4 rings (SSSR count). The molecular formula is C19H21ClN4O2S. The lowest BCUT2D eigenvalue weighted by molar-refractivity contribution is -0.0707. The predicted molar refractivity (Wildman–Crippen MR) is 109 cm³/mol. The fraction of sp³-hybridized carbons (Fsp3) is 0.368. The Hall–Kier alpha value is -1.93. The van der Waals surface area contributed by atoms with Gasteiger partial charge in [-0.3, -0.25) is 15.0 Å². The van der Waals surface area contributed by atoms with Crippen LogP contribution in [0.2, 0.25) is 5.02 Å². The van der Waals surface area contributed by atoms with Gasteiger partial charge in [-0.25, -0.2) is 4.98 Å². The summed E-state index contributed by atoms with van der Waals surface area (Å²) in [5.41, 5.74) is 2.32. The number of benzene rings is 1. The van der Waals surface area contributed by atoms with Crippen molar-refractivity contribution in [2.75, 3.05) is 18.4 Å². The normalized spacial score (nSPS) is 20.9. The minimum atomic E-state index is -0.211. The highest BCUT2D eigenvalue weighted by molar-refractivity contribution is 7.13. The van der Waals surface area contributed by atoms with Crippen LogP contribution in [-0.2, 0) is 11.3 Å². The summed E-state index contributed by atoms with van der Waals surface area (Å²) >= 11 is 7.44. The van der Waals surface area contributed by atoms with Crippen LogP contribution in [-0.4, -0.2) is 46.1 Å². The molecule has 2 N–H and O–H groups in total. The molecule has 1 aromatic carbocycles. The van der Waals surface area contributed by atoms with Crippen LogP contribution in [0.15, 0.2) is 29.6 Å².